The van der Waals surface area contributed by atoms with Crippen LogP contribution in [0.15, 0.2) is 16.6 Å². The molecule has 0 aromatic heterocycles. The lowest BCUT2D eigenvalue weighted by atomic mass is 10.0. The summed E-state index contributed by atoms with van der Waals surface area (Å²) in [5, 5.41) is 18.3. The van der Waals surface area contributed by atoms with Crippen LogP contribution in [0.5, 0.6) is 0 Å². The molecular weight excluding hydrogens is 326 g/mol. The van der Waals surface area contributed by atoms with E-state index in [9.17, 15) is 4.79 Å². The van der Waals surface area contributed by atoms with Gasteiger partial charge in [0.1, 0.15) is 0 Å². The Labute approximate surface area is 104 Å². The molecule has 0 unspecified atom stereocenters. The second kappa shape index (κ2) is 5.29. The number of hydrogen-bond donors (Lipinski definition) is 1. The Balaban J connectivity index is 3.33. The molecule has 3 nitrogen and oxygen atoms in total. The Morgan fingerprint density at radius 2 is 2.20 bits per heavy atom. The van der Waals surface area contributed by atoms with Gasteiger partial charge in [-0.25, -0.2) is 0 Å². The third kappa shape index (κ3) is 2.80. The number of hydrogen-bond acceptors (Lipinski definition) is 2. The molecule has 0 amide bonds. The Hall–Kier alpha value is -0.860. The van der Waals surface area contributed by atoms with Gasteiger partial charge in [-0.05, 0) is 17.2 Å². The minimum Gasteiger partial charge on any atom is -0.481 e. The molecule has 78 valence electrons. The molecule has 0 atom stereocenters. The number of carbonyl (C=O) groups is 1. The standard InChI is InChI=1S/C10H7Br2NO2/c11-4-6-1-2-9(12)7(3-10(14)15)8(6)5-13/h1-2H,3-4H2,(H,14,15). The van der Waals surface area contributed by atoms with Crippen molar-refractivity contribution in [3.63, 3.8) is 0 Å². The Morgan fingerprint density at radius 3 is 2.67 bits per heavy atom. The Bertz CT molecular complexity index is 438. The van der Waals surface area contributed by atoms with Crippen LogP contribution in [-0.2, 0) is 16.5 Å². The molecule has 0 radical (unpaired) electrons. The maximum atomic E-state index is 10.6. The van der Waals surface area contributed by atoms with Crippen molar-refractivity contribution in [2.24, 2.45) is 0 Å². The van der Waals surface area contributed by atoms with E-state index >= 15 is 0 Å². The van der Waals surface area contributed by atoms with Gasteiger partial charge in [0.15, 0.2) is 0 Å². The summed E-state index contributed by atoms with van der Waals surface area (Å²) in [5.74, 6) is -0.945. The minimum absolute atomic E-state index is 0.148. The van der Waals surface area contributed by atoms with E-state index in [1.54, 1.807) is 12.1 Å². The molecule has 0 heterocycles. The first-order valence-electron chi connectivity index (χ1n) is 4.08. The lowest BCUT2D eigenvalue weighted by molar-refractivity contribution is -0.136. The molecule has 1 aromatic rings. The lowest BCUT2D eigenvalue weighted by Gasteiger charge is -2.07. The summed E-state index contributed by atoms with van der Waals surface area (Å²) in [6.45, 7) is 0. The maximum Gasteiger partial charge on any atom is 0.307 e. The summed E-state index contributed by atoms with van der Waals surface area (Å²) >= 11 is 6.51. The SMILES string of the molecule is N#Cc1c(CBr)ccc(Br)c1CC(=O)O. The van der Waals surface area contributed by atoms with Crippen LogP contribution in [0.4, 0.5) is 0 Å². The van der Waals surface area contributed by atoms with E-state index in [-0.39, 0.29) is 6.42 Å². The van der Waals surface area contributed by atoms with E-state index in [2.05, 4.69) is 31.9 Å². The number of benzene rings is 1. The van der Waals surface area contributed by atoms with Crippen LogP contribution in [0.25, 0.3) is 0 Å². The molecule has 15 heavy (non-hydrogen) atoms. The first-order valence-corrected chi connectivity index (χ1v) is 5.99. The van der Waals surface area contributed by atoms with Crippen LogP contribution in [0.3, 0.4) is 0 Å². The molecule has 1 aromatic carbocycles. The molecule has 5 heteroatoms. The summed E-state index contributed by atoms with van der Waals surface area (Å²) in [7, 11) is 0. The Kier molecular flexibility index (Phi) is 4.30. The van der Waals surface area contributed by atoms with Crippen LogP contribution in [0.1, 0.15) is 16.7 Å². The van der Waals surface area contributed by atoms with Gasteiger partial charge in [-0.3, -0.25) is 4.79 Å². The fourth-order valence-corrected chi connectivity index (χ4v) is 2.18. The van der Waals surface area contributed by atoms with Crippen LogP contribution in [0.2, 0.25) is 0 Å². The van der Waals surface area contributed by atoms with Gasteiger partial charge in [0.25, 0.3) is 0 Å². The topological polar surface area (TPSA) is 61.1 Å². The zero-order valence-corrected chi connectivity index (χ0v) is 10.8. The van der Waals surface area contributed by atoms with Gasteiger partial charge in [-0.2, -0.15) is 5.26 Å². The van der Waals surface area contributed by atoms with E-state index in [0.29, 0.717) is 20.9 Å². The highest BCUT2D eigenvalue weighted by molar-refractivity contribution is 9.10. The zero-order chi connectivity index (χ0) is 11.4. The van der Waals surface area contributed by atoms with Gasteiger partial charge in [0.2, 0.25) is 0 Å². The fourth-order valence-electron chi connectivity index (χ4n) is 1.25. The van der Waals surface area contributed by atoms with Crippen molar-refractivity contribution < 1.29 is 9.90 Å². The average molecular weight is 333 g/mol. The van der Waals surface area contributed by atoms with Crippen molar-refractivity contribution in [1.82, 2.24) is 0 Å². The van der Waals surface area contributed by atoms with Crippen molar-refractivity contribution >= 4 is 37.8 Å². The van der Waals surface area contributed by atoms with Crippen LogP contribution >= 0.6 is 31.9 Å². The first kappa shape index (κ1) is 12.2. The summed E-state index contributed by atoms with van der Waals surface area (Å²) in [5.41, 5.74) is 1.77. The van der Waals surface area contributed by atoms with Gasteiger partial charge in [0, 0.05) is 9.80 Å². The molecule has 0 spiro atoms. The minimum atomic E-state index is -0.945. The molecule has 0 bridgehead atoms. The van der Waals surface area contributed by atoms with Gasteiger partial charge in [0.05, 0.1) is 18.1 Å². The summed E-state index contributed by atoms with van der Waals surface area (Å²) in [6.07, 6.45) is -0.148. The molecule has 0 saturated heterocycles. The van der Waals surface area contributed by atoms with E-state index in [0.717, 1.165) is 5.56 Å². The predicted octanol–water partition coefficient (Wildman–Crippen LogP) is 2.84. The van der Waals surface area contributed by atoms with Crippen molar-refractivity contribution in [2.75, 3.05) is 0 Å². The molecule has 1 rings (SSSR count). The highest BCUT2D eigenvalue weighted by Gasteiger charge is 2.13. The van der Waals surface area contributed by atoms with Crippen molar-refractivity contribution in [1.29, 1.82) is 5.26 Å². The van der Waals surface area contributed by atoms with E-state index < -0.39 is 5.97 Å². The fraction of sp³-hybridized carbons (Fsp3) is 0.200. The summed E-state index contributed by atoms with van der Waals surface area (Å²) in [4.78, 5) is 10.6. The Morgan fingerprint density at radius 1 is 1.53 bits per heavy atom. The normalized spacial score (nSPS) is 9.67. The number of aliphatic carboxylic acids is 1. The smallest absolute Gasteiger partial charge is 0.307 e. The number of halogens is 2. The molecular formula is C10H7Br2NO2. The number of carboxylic acid groups (broad SMARTS) is 1. The average Bonchev–Trinajstić information content (AvgIpc) is 2.20. The molecule has 0 aliphatic carbocycles. The number of rotatable bonds is 3. The quantitative estimate of drug-likeness (QED) is 0.866. The third-order valence-corrected chi connectivity index (χ3v) is 3.27. The van der Waals surface area contributed by atoms with Gasteiger partial charge in [-0.1, -0.05) is 37.9 Å². The molecule has 0 fully saturated rings. The largest absolute Gasteiger partial charge is 0.481 e. The van der Waals surface area contributed by atoms with E-state index in [1.165, 1.54) is 0 Å². The molecule has 0 aliphatic rings. The van der Waals surface area contributed by atoms with E-state index in [4.69, 9.17) is 10.4 Å². The third-order valence-electron chi connectivity index (χ3n) is 1.93. The second-order valence-electron chi connectivity index (χ2n) is 2.88. The van der Waals surface area contributed by atoms with Crippen molar-refractivity contribution in [2.45, 2.75) is 11.8 Å². The van der Waals surface area contributed by atoms with Crippen molar-refractivity contribution in [3.05, 3.63) is 33.3 Å². The molecule has 0 saturated carbocycles. The molecule has 0 aliphatic heterocycles. The predicted molar refractivity (Wildman–Crippen MR) is 62.8 cm³/mol. The van der Waals surface area contributed by atoms with Crippen LogP contribution in [-0.4, -0.2) is 11.1 Å². The summed E-state index contributed by atoms with van der Waals surface area (Å²) < 4.78 is 0.658. The first-order chi connectivity index (χ1) is 7.10. The zero-order valence-electron chi connectivity index (χ0n) is 7.63. The number of nitrogens with zero attached hydrogens (tertiary/aromatic N) is 1. The monoisotopic (exact) mass is 331 g/mol. The van der Waals surface area contributed by atoms with Gasteiger partial charge >= 0.3 is 5.97 Å². The van der Waals surface area contributed by atoms with Crippen LogP contribution < -0.4 is 0 Å². The maximum absolute atomic E-state index is 10.6. The molecule has 1 N–H and O–H groups in total. The number of carboxylic acids is 1. The van der Waals surface area contributed by atoms with Gasteiger partial charge < -0.3 is 5.11 Å². The van der Waals surface area contributed by atoms with Crippen LogP contribution in [0, 0.1) is 11.3 Å². The summed E-state index contributed by atoms with van der Waals surface area (Å²) in [6, 6.07) is 5.59. The number of alkyl halides is 1. The van der Waals surface area contributed by atoms with Crippen molar-refractivity contribution in [3.8, 4) is 6.07 Å². The van der Waals surface area contributed by atoms with E-state index in [1.807, 2.05) is 6.07 Å². The highest BCUT2D eigenvalue weighted by atomic mass is 79.9. The van der Waals surface area contributed by atoms with Gasteiger partial charge in [-0.15, -0.1) is 0 Å². The second-order valence-corrected chi connectivity index (χ2v) is 4.29. The highest BCUT2D eigenvalue weighted by Crippen LogP contribution is 2.25. The number of nitriles is 1. The lowest BCUT2D eigenvalue weighted by Crippen LogP contribution is -2.05.